The third-order valence-corrected chi connectivity index (χ3v) is 3.00. The second-order valence-electron chi connectivity index (χ2n) is 4.38. The van der Waals surface area contributed by atoms with Crippen molar-refractivity contribution in [2.45, 2.75) is 12.8 Å². The van der Waals surface area contributed by atoms with E-state index in [0.29, 0.717) is 12.2 Å². The van der Waals surface area contributed by atoms with Crippen molar-refractivity contribution in [2.24, 2.45) is 0 Å². The Morgan fingerprint density at radius 2 is 1.89 bits per heavy atom. The lowest BCUT2D eigenvalue weighted by atomic mass is 10.2. The Morgan fingerprint density at radius 1 is 1.22 bits per heavy atom. The first-order valence-electron chi connectivity index (χ1n) is 6.01. The zero-order valence-corrected chi connectivity index (χ0v) is 10.1. The third-order valence-electron chi connectivity index (χ3n) is 3.00. The molecule has 1 aromatic carbocycles. The Labute approximate surface area is 105 Å². The first-order chi connectivity index (χ1) is 8.66. The number of rotatable bonds is 4. The van der Waals surface area contributed by atoms with Gasteiger partial charge in [0.25, 0.3) is 0 Å². The fourth-order valence-electron chi connectivity index (χ4n) is 2.11. The fourth-order valence-corrected chi connectivity index (χ4v) is 2.11. The zero-order valence-electron chi connectivity index (χ0n) is 10.1. The SMILES string of the molecule is O=C(CN1CCCC1)Nc1ccccc1C(=O)O. The van der Waals surface area contributed by atoms with E-state index < -0.39 is 5.97 Å². The molecule has 1 amide bonds. The summed E-state index contributed by atoms with van der Waals surface area (Å²) in [4.78, 5) is 24.9. The Morgan fingerprint density at radius 3 is 2.56 bits per heavy atom. The number of aromatic carboxylic acids is 1. The summed E-state index contributed by atoms with van der Waals surface area (Å²) in [5.74, 6) is -1.20. The minimum atomic E-state index is -1.04. The van der Waals surface area contributed by atoms with Crippen molar-refractivity contribution in [1.29, 1.82) is 0 Å². The van der Waals surface area contributed by atoms with Crippen LogP contribution in [0.1, 0.15) is 23.2 Å². The van der Waals surface area contributed by atoms with Gasteiger partial charge in [0.15, 0.2) is 0 Å². The lowest BCUT2D eigenvalue weighted by Crippen LogP contribution is -2.31. The molecular weight excluding hydrogens is 232 g/mol. The number of amides is 1. The molecule has 2 rings (SSSR count). The van der Waals surface area contributed by atoms with E-state index in [2.05, 4.69) is 10.2 Å². The molecule has 1 aromatic rings. The molecule has 5 nitrogen and oxygen atoms in total. The average Bonchev–Trinajstić information content (AvgIpc) is 2.82. The minimum absolute atomic E-state index is 0.118. The highest BCUT2D eigenvalue weighted by Gasteiger charge is 2.16. The molecule has 0 bridgehead atoms. The highest BCUT2D eigenvalue weighted by atomic mass is 16.4. The Hall–Kier alpha value is -1.88. The molecule has 0 radical (unpaired) electrons. The molecule has 1 heterocycles. The van der Waals surface area contributed by atoms with Crippen molar-refractivity contribution >= 4 is 17.6 Å². The molecule has 0 aliphatic carbocycles. The van der Waals surface area contributed by atoms with Gasteiger partial charge in [-0.05, 0) is 38.1 Å². The molecule has 0 atom stereocenters. The van der Waals surface area contributed by atoms with Crippen LogP contribution in [0.2, 0.25) is 0 Å². The standard InChI is InChI=1S/C13H16N2O3/c16-12(9-15-7-3-4-8-15)14-11-6-2-1-5-10(11)13(17)18/h1-2,5-6H,3-4,7-9H2,(H,14,16)(H,17,18). The summed E-state index contributed by atoms with van der Waals surface area (Å²) in [6.07, 6.45) is 2.25. The summed E-state index contributed by atoms with van der Waals surface area (Å²) in [7, 11) is 0. The van der Waals surface area contributed by atoms with Crippen LogP contribution in [-0.4, -0.2) is 41.5 Å². The van der Waals surface area contributed by atoms with Gasteiger partial charge in [-0.15, -0.1) is 0 Å². The highest BCUT2D eigenvalue weighted by molar-refractivity contribution is 6.01. The smallest absolute Gasteiger partial charge is 0.337 e. The lowest BCUT2D eigenvalue weighted by molar-refractivity contribution is -0.117. The monoisotopic (exact) mass is 248 g/mol. The van der Waals surface area contributed by atoms with Crippen LogP contribution in [0.4, 0.5) is 5.69 Å². The zero-order chi connectivity index (χ0) is 13.0. The van der Waals surface area contributed by atoms with Crippen LogP contribution >= 0.6 is 0 Å². The van der Waals surface area contributed by atoms with Gasteiger partial charge in [0.1, 0.15) is 0 Å². The summed E-state index contributed by atoms with van der Waals surface area (Å²) in [6, 6.07) is 6.43. The van der Waals surface area contributed by atoms with Crippen molar-refractivity contribution in [3.8, 4) is 0 Å². The summed E-state index contributed by atoms with van der Waals surface area (Å²) in [5.41, 5.74) is 0.474. The maximum absolute atomic E-state index is 11.8. The van der Waals surface area contributed by atoms with Crippen molar-refractivity contribution in [3.63, 3.8) is 0 Å². The van der Waals surface area contributed by atoms with E-state index >= 15 is 0 Å². The molecule has 1 saturated heterocycles. The van der Waals surface area contributed by atoms with E-state index in [-0.39, 0.29) is 11.5 Å². The van der Waals surface area contributed by atoms with Crippen molar-refractivity contribution in [1.82, 2.24) is 4.90 Å². The summed E-state index contributed by atoms with van der Waals surface area (Å²) in [6.45, 7) is 2.20. The van der Waals surface area contributed by atoms with Gasteiger partial charge in [-0.25, -0.2) is 4.79 Å². The quantitative estimate of drug-likeness (QED) is 0.845. The van der Waals surface area contributed by atoms with Crippen LogP contribution in [0, 0.1) is 0 Å². The average molecular weight is 248 g/mol. The highest BCUT2D eigenvalue weighted by Crippen LogP contribution is 2.15. The van der Waals surface area contributed by atoms with Gasteiger partial charge in [-0.3, -0.25) is 9.69 Å². The predicted octanol–water partition coefficient (Wildman–Crippen LogP) is 1.42. The molecule has 0 unspecified atom stereocenters. The first kappa shape index (κ1) is 12.6. The summed E-state index contributed by atoms with van der Waals surface area (Å²) >= 11 is 0. The number of nitrogens with zero attached hydrogens (tertiary/aromatic N) is 1. The molecule has 18 heavy (non-hydrogen) atoms. The first-order valence-corrected chi connectivity index (χ1v) is 6.01. The molecule has 0 aromatic heterocycles. The van der Waals surface area contributed by atoms with Crippen LogP contribution in [0.5, 0.6) is 0 Å². The number of para-hydroxylation sites is 1. The van der Waals surface area contributed by atoms with E-state index in [9.17, 15) is 9.59 Å². The Kier molecular flexibility index (Phi) is 3.94. The number of nitrogens with one attached hydrogen (secondary N) is 1. The summed E-state index contributed by atoms with van der Waals surface area (Å²) in [5, 5.41) is 11.7. The van der Waals surface area contributed by atoms with Crippen molar-refractivity contribution in [3.05, 3.63) is 29.8 Å². The van der Waals surface area contributed by atoms with Crippen LogP contribution in [0.25, 0.3) is 0 Å². The number of likely N-dealkylation sites (tertiary alicyclic amines) is 1. The largest absolute Gasteiger partial charge is 0.478 e. The van der Waals surface area contributed by atoms with Crippen LogP contribution in [0.15, 0.2) is 24.3 Å². The molecule has 1 fully saturated rings. The number of benzene rings is 1. The molecule has 5 heteroatoms. The Balaban J connectivity index is 2.00. The van der Waals surface area contributed by atoms with Gasteiger partial charge in [0.05, 0.1) is 17.8 Å². The van der Waals surface area contributed by atoms with Gasteiger partial charge < -0.3 is 10.4 Å². The van der Waals surface area contributed by atoms with Crippen molar-refractivity contribution in [2.75, 3.05) is 25.0 Å². The van der Waals surface area contributed by atoms with E-state index in [1.165, 1.54) is 6.07 Å². The second-order valence-corrected chi connectivity index (χ2v) is 4.38. The van der Waals surface area contributed by atoms with Crippen LogP contribution in [0.3, 0.4) is 0 Å². The number of anilines is 1. The van der Waals surface area contributed by atoms with Gasteiger partial charge in [-0.1, -0.05) is 12.1 Å². The number of carbonyl (C=O) groups excluding carboxylic acids is 1. The number of hydrogen-bond acceptors (Lipinski definition) is 3. The molecule has 0 spiro atoms. The molecule has 2 N–H and O–H groups in total. The van der Waals surface area contributed by atoms with Crippen LogP contribution < -0.4 is 5.32 Å². The van der Waals surface area contributed by atoms with Gasteiger partial charge >= 0.3 is 5.97 Å². The second kappa shape index (κ2) is 5.64. The lowest BCUT2D eigenvalue weighted by Gasteiger charge is -2.14. The van der Waals surface area contributed by atoms with Crippen LogP contribution in [-0.2, 0) is 4.79 Å². The van der Waals surface area contributed by atoms with E-state index in [4.69, 9.17) is 5.11 Å². The fraction of sp³-hybridized carbons (Fsp3) is 0.385. The number of carboxylic acids is 1. The normalized spacial score (nSPS) is 15.6. The maximum Gasteiger partial charge on any atom is 0.337 e. The molecule has 0 saturated carbocycles. The van der Waals surface area contributed by atoms with Gasteiger partial charge in [0, 0.05) is 0 Å². The number of hydrogen-bond donors (Lipinski definition) is 2. The maximum atomic E-state index is 11.8. The minimum Gasteiger partial charge on any atom is -0.478 e. The molecule has 1 aliphatic heterocycles. The Bertz CT molecular complexity index is 453. The third kappa shape index (κ3) is 3.07. The van der Waals surface area contributed by atoms with Crippen molar-refractivity contribution < 1.29 is 14.7 Å². The molecule has 96 valence electrons. The van der Waals surface area contributed by atoms with Gasteiger partial charge in [-0.2, -0.15) is 0 Å². The van der Waals surface area contributed by atoms with E-state index in [1.54, 1.807) is 18.2 Å². The molecular formula is C13H16N2O3. The van der Waals surface area contributed by atoms with E-state index in [1.807, 2.05) is 0 Å². The predicted molar refractivity (Wildman–Crippen MR) is 67.7 cm³/mol. The topological polar surface area (TPSA) is 69.6 Å². The van der Waals surface area contributed by atoms with E-state index in [0.717, 1.165) is 25.9 Å². The summed E-state index contributed by atoms with van der Waals surface area (Å²) < 4.78 is 0. The number of carboxylic acid groups (broad SMARTS) is 1. The number of carbonyl (C=O) groups is 2. The molecule has 1 aliphatic rings. The van der Waals surface area contributed by atoms with Gasteiger partial charge in [0.2, 0.25) is 5.91 Å².